The molecule has 4 fully saturated rings. The fourth-order valence-corrected chi connectivity index (χ4v) is 5.75. The average Bonchev–Trinajstić information content (AvgIpc) is 3.31. The van der Waals surface area contributed by atoms with E-state index in [-0.39, 0.29) is 17.5 Å². The molecular formula is C19H28N4O2. The van der Waals surface area contributed by atoms with E-state index in [4.69, 9.17) is 5.26 Å². The van der Waals surface area contributed by atoms with Crippen molar-refractivity contribution in [1.29, 1.82) is 5.26 Å². The van der Waals surface area contributed by atoms with Crippen molar-refractivity contribution in [2.75, 3.05) is 19.6 Å². The van der Waals surface area contributed by atoms with Crippen LogP contribution in [0.2, 0.25) is 0 Å². The predicted molar refractivity (Wildman–Crippen MR) is 92.4 cm³/mol. The van der Waals surface area contributed by atoms with Crippen LogP contribution in [-0.2, 0) is 9.59 Å². The van der Waals surface area contributed by atoms with Crippen molar-refractivity contribution >= 4 is 11.8 Å². The molecule has 2 aliphatic heterocycles. The van der Waals surface area contributed by atoms with Crippen LogP contribution in [-0.4, -0.2) is 58.9 Å². The molecule has 0 aromatic rings. The summed E-state index contributed by atoms with van der Waals surface area (Å²) in [5, 5.41) is 12.7. The topological polar surface area (TPSA) is 76.4 Å². The predicted octanol–water partition coefficient (Wildman–Crippen LogP) is 1.41. The maximum atomic E-state index is 12.5. The summed E-state index contributed by atoms with van der Waals surface area (Å²) in [6.45, 7) is 1.94. The highest BCUT2D eigenvalue weighted by Gasteiger charge is 2.52. The summed E-state index contributed by atoms with van der Waals surface area (Å²) in [6, 6.07) is 2.32. The SMILES string of the molecule is N#C[C@@H]1CCCN1C(=O)CNC1CC2(N3CCCC3=O)CCCC1C2. The smallest absolute Gasteiger partial charge is 0.237 e. The first kappa shape index (κ1) is 16.8. The maximum absolute atomic E-state index is 12.5. The van der Waals surface area contributed by atoms with Crippen LogP contribution in [0.4, 0.5) is 0 Å². The molecule has 0 aromatic carbocycles. The number of fused-ring (bicyclic) bond motifs is 2. The molecule has 2 saturated carbocycles. The normalized spacial score (nSPS) is 37.6. The number of hydrogen-bond acceptors (Lipinski definition) is 4. The average molecular weight is 344 g/mol. The lowest BCUT2D eigenvalue weighted by Gasteiger charge is -2.41. The third-order valence-corrected chi connectivity index (χ3v) is 6.91. The van der Waals surface area contributed by atoms with Crippen LogP contribution in [0.1, 0.15) is 57.8 Å². The summed E-state index contributed by atoms with van der Waals surface area (Å²) in [6.07, 6.45) is 8.99. The fraction of sp³-hybridized carbons (Fsp3) is 0.842. The minimum Gasteiger partial charge on any atom is -0.337 e. The van der Waals surface area contributed by atoms with Crippen LogP contribution < -0.4 is 5.32 Å². The highest BCUT2D eigenvalue weighted by molar-refractivity contribution is 5.80. The van der Waals surface area contributed by atoms with Gasteiger partial charge in [0.25, 0.3) is 0 Å². The Balaban J connectivity index is 1.38. The molecule has 6 heteroatoms. The molecule has 2 bridgehead atoms. The molecule has 3 unspecified atom stereocenters. The quantitative estimate of drug-likeness (QED) is 0.837. The molecular weight excluding hydrogens is 316 g/mol. The molecule has 4 rings (SSSR count). The van der Waals surface area contributed by atoms with Gasteiger partial charge in [-0.25, -0.2) is 0 Å². The Bertz CT molecular complexity index is 601. The zero-order valence-corrected chi connectivity index (χ0v) is 14.9. The molecule has 2 saturated heterocycles. The zero-order valence-electron chi connectivity index (χ0n) is 14.9. The maximum Gasteiger partial charge on any atom is 0.237 e. The van der Waals surface area contributed by atoms with Gasteiger partial charge in [0.1, 0.15) is 6.04 Å². The highest BCUT2D eigenvalue weighted by Crippen LogP contribution is 2.49. The third-order valence-electron chi connectivity index (χ3n) is 6.91. The highest BCUT2D eigenvalue weighted by atomic mass is 16.2. The van der Waals surface area contributed by atoms with Crippen molar-refractivity contribution in [3.63, 3.8) is 0 Å². The summed E-state index contributed by atoms with van der Waals surface area (Å²) >= 11 is 0. The van der Waals surface area contributed by atoms with E-state index in [1.165, 1.54) is 12.8 Å². The van der Waals surface area contributed by atoms with E-state index in [1.807, 2.05) is 0 Å². The van der Waals surface area contributed by atoms with Crippen molar-refractivity contribution in [1.82, 2.24) is 15.1 Å². The summed E-state index contributed by atoms with van der Waals surface area (Å²) in [5.41, 5.74) is 0.0417. The molecule has 4 aliphatic rings. The van der Waals surface area contributed by atoms with Crippen molar-refractivity contribution in [2.45, 2.75) is 75.4 Å². The molecule has 4 atom stereocenters. The largest absolute Gasteiger partial charge is 0.337 e. The van der Waals surface area contributed by atoms with Crippen LogP contribution in [0, 0.1) is 17.2 Å². The number of rotatable bonds is 4. The second-order valence-corrected chi connectivity index (χ2v) is 8.30. The van der Waals surface area contributed by atoms with Crippen molar-refractivity contribution < 1.29 is 9.59 Å². The first-order chi connectivity index (χ1) is 12.1. The lowest BCUT2D eigenvalue weighted by molar-refractivity contribution is -0.134. The molecule has 0 spiro atoms. The van der Waals surface area contributed by atoms with Crippen molar-refractivity contribution in [3.05, 3.63) is 0 Å². The van der Waals surface area contributed by atoms with Gasteiger partial charge in [0.2, 0.25) is 11.8 Å². The number of nitrogens with one attached hydrogen (secondary N) is 1. The lowest BCUT2D eigenvalue weighted by Crippen LogP contribution is -2.49. The van der Waals surface area contributed by atoms with Gasteiger partial charge in [-0.2, -0.15) is 5.26 Å². The van der Waals surface area contributed by atoms with Crippen LogP contribution in [0.25, 0.3) is 0 Å². The number of hydrogen-bond donors (Lipinski definition) is 1. The molecule has 0 aromatic heterocycles. The minimum absolute atomic E-state index is 0.0417. The van der Waals surface area contributed by atoms with E-state index in [9.17, 15) is 9.59 Å². The number of carbonyl (C=O) groups is 2. The van der Waals surface area contributed by atoms with Crippen molar-refractivity contribution in [3.8, 4) is 6.07 Å². The fourth-order valence-electron chi connectivity index (χ4n) is 5.75. The van der Waals surface area contributed by atoms with E-state index >= 15 is 0 Å². The first-order valence-electron chi connectivity index (χ1n) is 9.86. The van der Waals surface area contributed by atoms with Gasteiger partial charge in [-0.1, -0.05) is 6.42 Å². The van der Waals surface area contributed by atoms with Gasteiger partial charge in [-0.3, -0.25) is 9.59 Å². The lowest BCUT2D eigenvalue weighted by atomic mass is 9.81. The Morgan fingerprint density at radius 3 is 2.88 bits per heavy atom. The molecule has 6 nitrogen and oxygen atoms in total. The monoisotopic (exact) mass is 344 g/mol. The van der Waals surface area contributed by atoms with Crippen LogP contribution in [0.3, 0.4) is 0 Å². The van der Waals surface area contributed by atoms with E-state index in [0.29, 0.717) is 37.4 Å². The number of amides is 2. The Morgan fingerprint density at radius 1 is 1.24 bits per heavy atom. The summed E-state index contributed by atoms with van der Waals surface area (Å²) < 4.78 is 0. The Hall–Kier alpha value is -1.61. The molecule has 1 N–H and O–H groups in total. The molecule has 136 valence electrons. The number of nitrogens with zero attached hydrogens (tertiary/aromatic N) is 3. The van der Waals surface area contributed by atoms with Gasteiger partial charge in [0.15, 0.2) is 0 Å². The van der Waals surface area contributed by atoms with Crippen LogP contribution in [0.15, 0.2) is 0 Å². The second kappa shape index (κ2) is 6.60. The number of likely N-dealkylation sites (tertiary alicyclic amines) is 2. The molecule has 2 aliphatic carbocycles. The van der Waals surface area contributed by atoms with Crippen LogP contribution in [0.5, 0.6) is 0 Å². The minimum atomic E-state index is -0.245. The molecule has 2 heterocycles. The first-order valence-corrected chi connectivity index (χ1v) is 9.86. The van der Waals surface area contributed by atoms with Gasteiger partial charge in [-0.15, -0.1) is 0 Å². The van der Waals surface area contributed by atoms with Gasteiger partial charge in [-0.05, 0) is 50.9 Å². The van der Waals surface area contributed by atoms with Gasteiger partial charge < -0.3 is 15.1 Å². The molecule has 2 amide bonds. The summed E-state index contributed by atoms with van der Waals surface area (Å²) in [4.78, 5) is 28.7. The van der Waals surface area contributed by atoms with Gasteiger partial charge >= 0.3 is 0 Å². The number of carbonyl (C=O) groups excluding carboxylic acids is 2. The second-order valence-electron chi connectivity index (χ2n) is 8.30. The van der Waals surface area contributed by atoms with E-state index in [2.05, 4.69) is 16.3 Å². The number of nitriles is 1. The third kappa shape index (κ3) is 2.93. The van der Waals surface area contributed by atoms with E-state index in [1.54, 1.807) is 4.90 Å². The van der Waals surface area contributed by atoms with Gasteiger partial charge in [0.05, 0.1) is 12.6 Å². The summed E-state index contributed by atoms with van der Waals surface area (Å²) in [5.74, 6) is 0.948. The van der Waals surface area contributed by atoms with Crippen LogP contribution >= 0.6 is 0 Å². The zero-order chi connectivity index (χ0) is 17.4. The van der Waals surface area contributed by atoms with E-state index in [0.717, 1.165) is 45.1 Å². The molecule has 0 radical (unpaired) electrons. The Kier molecular flexibility index (Phi) is 4.45. The van der Waals surface area contributed by atoms with Gasteiger partial charge in [0, 0.05) is 31.1 Å². The Labute approximate surface area is 149 Å². The van der Waals surface area contributed by atoms with E-state index < -0.39 is 0 Å². The molecule has 25 heavy (non-hydrogen) atoms. The summed E-state index contributed by atoms with van der Waals surface area (Å²) in [7, 11) is 0. The van der Waals surface area contributed by atoms with Crippen molar-refractivity contribution in [2.24, 2.45) is 5.92 Å². The standard InChI is InChI=1S/C19H28N4O2/c20-12-15-5-2-8-22(15)18(25)13-21-16-11-19(7-1-4-14(16)10-19)23-9-3-6-17(23)24/h14-16,21H,1-11,13H2/t14?,15-,16?,19?/m0/s1. The Morgan fingerprint density at radius 2 is 2.12 bits per heavy atom.